The summed E-state index contributed by atoms with van der Waals surface area (Å²) in [5, 5.41) is 1.12. The molecule has 4 nitrogen and oxygen atoms in total. The molecule has 0 fully saturated rings. The smallest absolute Gasteiger partial charge is 0.272 e. The first kappa shape index (κ1) is 20.5. The molecule has 0 N–H and O–H groups in total. The molecule has 0 radical (unpaired) electrons. The lowest BCUT2D eigenvalue weighted by atomic mass is 10.1. The third-order valence-electron chi connectivity index (χ3n) is 4.54. The summed E-state index contributed by atoms with van der Waals surface area (Å²) >= 11 is 13.2. The minimum Gasteiger partial charge on any atom is -0.497 e. The Morgan fingerprint density at radius 2 is 1.33 bits per heavy atom. The van der Waals surface area contributed by atoms with Crippen LogP contribution in [-0.4, -0.2) is 18.9 Å². The first-order valence-corrected chi connectivity index (χ1v) is 10.5. The molecule has 1 heterocycles. The zero-order chi connectivity index (χ0) is 21.3. The average molecular weight is 456 g/mol. The highest BCUT2D eigenvalue weighted by atomic mass is 35.5. The fourth-order valence-electron chi connectivity index (χ4n) is 3.06. The molecule has 0 aliphatic carbocycles. The number of carbonyl (C=O) groups is 2. The summed E-state index contributed by atoms with van der Waals surface area (Å²) in [6, 6.07) is 20.8. The Labute approximate surface area is 188 Å². The lowest BCUT2D eigenvalue weighted by molar-refractivity contribution is -0.119. The van der Waals surface area contributed by atoms with E-state index in [4.69, 9.17) is 27.9 Å². The maximum atomic E-state index is 13.4. The standard InChI is InChI=1S/C23H15Cl2NO3S/c1-29-18-10-2-14(3-11-18)20-21(30-19-12-6-16(25)7-13-19)23(28)26(22(20)27)17-8-4-15(24)5-9-17/h2-13H,1H3. The summed E-state index contributed by atoms with van der Waals surface area (Å²) in [6.45, 7) is 0. The Morgan fingerprint density at radius 1 is 0.767 bits per heavy atom. The van der Waals surface area contributed by atoms with Gasteiger partial charge in [-0.3, -0.25) is 9.59 Å². The van der Waals surface area contributed by atoms with E-state index in [9.17, 15) is 9.59 Å². The summed E-state index contributed by atoms with van der Waals surface area (Å²) in [5.74, 6) is -0.102. The minimum atomic E-state index is -0.385. The number of rotatable bonds is 5. The van der Waals surface area contributed by atoms with Crippen LogP contribution in [0.2, 0.25) is 10.0 Å². The van der Waals surface area contributed by atoms with E-state index in [0.717, 1.165) is 4.90 Å². The topological polar surface area (TPSA) is 46.6 Å². The van der Waals surface area contributed by atoms with Gasteiger partial charge in [-0.05, 0) is 66.2 Å². The van der Waals surface area contributed by atoms with Crippen LogP contribution < -0.4 is 9.64 Å². The minimum absolute atomic E-state index is 0.345. The average Bonchev–Trinajstić information content (AvgIpc) is 3.00. The number of halogens is 2. The van der Waals surface area contributed by atoms with E-state index in [1.165, 1.54) is 16.7 Å². The Bertz CT molecular complexity index is 1140. The third-order valence-corrected chi connectivity index (χ3v) is 6.13. The van der Waals surface area contributed by atoms with Crippen molar-refractivity contribution in [1.82, 2.24) is 0 Å². The molecule has 0 bridgehead atoms. The second-order valence-corrected chi connectivity index (χ2v) is 8.37. The number of ether oxygens (including phenoxy) is 1. The van der Waals surface area contributed by atoms with Crippen LogP contribution in [0.4, 0.5) is 5.69 Å². The molecule has 0 spiro atoms. The lowest BCUT2D eigenvalue weighted by Gasteiger charge is -2.15. The van der Waals surface area contributed by atoms with Gasteiger partial charge in [0.2, 0.25) is 0 Å². The number of hydrogen-bond acceptors (Lipinski definition) is 4. The molecule has 4 rings (SSSR count). The molecule has 0 saturated heterocycles. The molecule has 7 heteroatoms. The van der Waals surface area contributed by atoms with Crippen LogP contribution in [0.3, 0.4) is 0 Å². The van der Waals surface area contributed by atoms with Gasteiger partial charge in [-0.2, -0.15) is 0 Å². The monoisotopic (exact) mass is 455 g/mol. The second kappa shape index (κ2) is 8.56. The number of benzene rings is 3. The van der Waals surface area contributed by atoms with Gasteiger partial charge in [-0.15, -0.1) is 0 Å². The van der Waals surface area contributed by atoms with Crippen LogP contribution in [0, 0.1) is 0 Å². The van der Waals surface area contributed by atoms with E-state index in [1.54, 1.807) is 67.8 Å². The van der Waals surface area contributed by atoms with Crippen molar-refractivity contribution in [1.29, 1.82) is 0 Å². The zero-order valence-corrected chi connectivity index (χ0v) is 18.1. The van der Waals surface area contributed by atoms with Crippen LogP contribution in [0.1, 0.15) is 5.56 Å². The highest BCUT2D eigenvalue weighted by Gasteiger charge is 2.40. The fraction of sp³-hybridized carbons (Fsp3) is 0.0435. The summed E-state index contributed by atoms with van der Waals surface area (Å²) in [5.41, 5.74) is 1.45. The van der Waals surface area contributed by atoms with Gasteiger partial charge in [-0.25, -0.2) is 4.90 Å². The predicted octanol–water partition coefficient (Wildman–Crippen LogP) is 6.08. The Hall–Kier alpha value is -2.73. The van der Waals surface area contributed by atoms with Gasteiger partial charge >= 0.3 is 0 Å². The molecular weight excluding hydrogens is 441 g/mol. The van der Waals surface area contributed by atoms with Crippen LogP contribution >= 0.6 is 35.0 Å². The summed E-state index contributed by atoms with van der Waals surface area (Å²) in [4.78, 5) is 29.0. The number of amides is 2. The van der Waals surface area contributed by atoms with E-state index in [0.29, 0.717) is 37.5 Å². The molecule has 1 aliphatic heterocycles. The summed E-state index contributed by atoms with van der Waals surface area (Å²) in [6.07, 6.45) is 0. The molecule has 1 aliphatic rings. The van der Waals surface area contributed by atoms with Gasteiger partial charge in [0.05, 0.1) is 23.3 Å². The Morgan fingerprint density at radius 3 is 1.90 bits per heavy atom. The van der Waals surface area contributed by atoms with Gasteiger partial charge in [-0.1, -0.05) is 47.1 Å². The van der Waals surface area contributed by atoms with E-state index in [1.807, 2.05) is 12.1 Å². The lowest BCUT2D eigenvalue weighted by Crippen LogP contribution is -2.31. The highest BCUT2D eigenvalue weighted by molar-refractivity contribution is 8.04. The molecule has 0 atom stereocenters. The number of anilines is 1. The van der Waals surface area contributed by atoms with Crippen LogP contribution in [-0.2, 0) is 9.59 Å². The molecule has 3 aromatic carbocycles. The van der Waals surface area contributed by atoms with Crippen molar-refractivity contribution in [2.24, 2.45) is 0 Å². The molecule has 3 aromatic rings. The first-order chi connectivity index (χ1) is 14.5. The number of thioether (sulfide) groups is 1. The van der Waals surface area contributed by atoms with E-state index < -0.39 is 0 Å². The van der Waals surface area contributed by atoms with Crippen molar-refractivity contribution in [2.75, 3.05) is 12.0 Å². The number of hydrogen-bond donors (Lipinski definition) is 0. The predicted molar refractivity (Wildman–Crippen MR) is 121 cm³/mol. The normalized spacial score (nSPS) is 13.9. The maximum Gasteiger partial charge on any atom is 0.272 e. The van der Waals surface area contributed by atoms with Gasteiger partial charge < -0.3 is 4.74 Å². The summed E-state index contributed by atoms with van der Waals surface area (Å²) < 4.78 is 5.21. The molecule has 0 aromatic heterocycles. The Balaban J connectivity index is 1.80. The largest absolute Gasteiger partial charge is 0.497 e. The molecule has 150 valence electrons. The van der Waals surface area contributed by atoms with Crippen molar-refractivity contribution in [3.8, 4) is 5.75 Å². The van der Waals surface area contributed by atoms with Crippen LogP contribution in [0.5, 0.6) is 5.75 Å². The van der Waals surface area contributed by atoms with E-state index in [-0.39, 0.29) is 11.8 Å². The highest BCUT2D eigenvalue weighted by Crippen LogP contribution is 2.42. The van der Waals surface area contributed by atoms with Crippen molar-refractivity contribution < 1.29 is 14.3 Å². The van der Waals surface area contributed by atoms with Crippen LogP contribution in [0.25, 0.3) is 5.57 Å². The zero-order valence-electron chi connectivity index (χ0n) is 15.8. The molecule has 30 heavy (non-hydrogen) atoms. The van der Waals surface area contributed by atoms with Gasteiger partial charge in [0.1, 0.15) is 5.75 Å². The number of carbonyl (C=O) groups excluding carboxylic acids is 2. The Kier molecular flexibility index (Phi) is 5.86. The first-order valence-electron chi connectivity index (χ1n) is 8.94. The van der Waals surface area contributed by atoms with Gasteiger partial charge in [0, 0.05) is 14.9 Å². The van der Waals surface area contributed by atoms with Crippen molar-refractivity contribution >= 4 is 58.0 Å². The van der Waals surface area contributed by atoms with Crippen LogP contribution in [0.15, 0.2) is 82.6 Å². The van der Waals surface area contributed by atoms with Gasteiger partial charge in [0.15, 0.2) is 0 Å². The van der Waals surface area contributed by atoms with E-state index >= 15 is 0 Å². The number of methoxy groups -OCH3 is 1. The fourth-order valence-corrected chi connectivity index (χ4v) is 4.31. The quantitative estimate of drug-likeness (QED) is 0.437. The third kappa shape index (κ3) is 3.97. The van der Waals surface area contributed by atoms with Crippen molar-refractivity contribution in [3.05, 3.63) is 93.3 Å². The molecular formula is C23H15Cl2NO3S. The maximum absolute atomic E-state index is 13.4. The second-order valence-electron chi connectivity index (χ2n) is 6.41. The summed E-state index contributed by atoms with van der Waals surface area (Å²) in [7, 11) is 1.57. The van der Waals surface area contributed by atoms with Gasteiger partial charge in [0.25, 0.3) is 11.8 Å². The number of imide groups is 1. The van der Waals surface area contributed by atoms with Crippen molar-refractivity contribution in [2.45, 2.75) is 4.90 Å². The molecule has 2 amide bonds. The molecule has 0 saturated carbocycles. The van der Waals surface area contributed by atoms with E-state index in [2.05, 4.69) is 0 Å². The van der Waals surface area contributed by atoms with Crippen molar-refractivity contribution in [3.63, 3.8) is 0 Å². The number of nitrogens with zero attached hydrogens (tertiary/aromatic N) is 1. The molecule has 0 unspecified atom stereocenters. The SMILES string of the molecule is COc1ccc(C2=C(Sc3ccc(Cl)cc3)C(=O)N(c3ccc(Cl)cc3)C2=O)cc1.